The molecule has 0 fully saturated rings. The van der Waals surface area contributed by atoms with E-state index in [1.807, 2.05) is 14.0 Å². The Bertz CT molecular complexity index is 173. The Morgan fingerprint density at radius 1 is 1.75 bits per heavy atom. The third-order valence-corrected chi connectivity index (χ3v) is 1.57. The molecule has 0 amide bonds. The van der Waals surface area contributed by atoms with E-state index in [-0.39, 0.29) is 0 Å². The molecule has 0 aliphatic carbocycles. The van der Waals surface area contributed by atoms with Crippen LogP contribution >= 0.6 is 11.6 Å². The highest BCUT2D eigenvalue weighted by Gasteiger charge is 1.96. The molecule has 1 rings (SSSR count). The van der Waals surface area contributed by atoms with E-state index >= 15 is 0 Å². The fourth-order valence-corrected chi connectivity index (χ4v) is 0.625. The maximum atomic E-state index is 5.69. The van der Waals surface area contributed by atoms with Gasteiger partial charge < -0.3 is 4.57 Å². The van der Waals surface area contributed by atoms with Gasteiger partial charge in [0, 0.05) is 7.05 Å². The quantitative estimate of drug-likeness (QED) is 0.519. The van der Waals surface area contributed by atoms with Gasteiger partial charge >= 0.3 is 0 Å². The van der Waals surface area contributed by atoms with Crippen LogP contribution < -0.4 is 0 Å². The summed E-state index contributed by atoms with van der Waals surface area (Å²) in [4.78, 5) is 3.95. The molecule has 0 bridgehead atoms. The molecular formula is C5H7ClN2. The summed E-state index contributed by atoms with van der Waals surface area (Å²) in [6.07, 6.45) is 1.69. The summed E-state index contributed by atoms with van der Waals surface area (Å²) < 4.78 is 1.77. The minimum atomic E-state index is 0.713. The normalized spacial score (nSPS) is 9.88. The number of nitrogens with zero attached hydrogens (tertiary/aromatic N) is 2. The third kappa shape index (κ3) is 0.713. The van der Waals surface area contributed by atoms with Crippen LogP contribution in [0.2, 0.25) is 5.15 Å². The zero-order valence-corrected chi connectivity index (χ0v) is 5.61. The van der Waals surface area contributed by atoms with Crippen LogP contribution in [0, 0.1) is 6.92 Å². The highest BCUT2D eigenvalue weighted by Crippen LogP contribution is 2.09. The number of halogens is 1. The number of hydrogen-bond donors (Lipinski definition) is 0. The van der Waals surface area contributed by atoms with E-state index in [1.165, 1.54) is 0 Å². The molecule has 44 valence electrons. The van der Waals surface area contributed by atoms with E-state index in [0.717, 1.165) is 5.69 Å². The fourth-order valence-electron chi connectivity index (χ4n) is 0.532. The second-order valence-corrected chi connectivity index (χ2v) is 2.09. The van der Waals surface area contributed by atoms with Crippen molar-refractivity contribution in [3.63, 3.8) is 0 Å². The number of aromatic nitrogens is 2. The van der Waals surface area contributed by atoms with E-state index in [9.17, 15) is 0 Å². The highest BCUT2D eigenvalue weighted by molar-refractivity contribution is 6.30. The number of aryl methyl sites for hydroxylation is 2. The van der Waals surface area contributed by atoms with Crippen molar-refractivity contribution in [2.24, 2.45) is 7.05 Å². The number of imidazole rings is 1. The molecule has 0 atom stereocenters. The molecule has 8 heavy (non-hydrogen) atoms. The zero-order chi connectivity index (χ0) is 6.15. The lowest BCUT2D eigenvalue weighted by molar-refractivity contribution is 0.914. The predicted octanol–water partition coefficient (Wildman–Crippen LogP) is 1.38. The fraction of sp³-hybridized carbons (Fsp3) is 0.400. The van der Waals surface area contributed by atoms with Crippen LogP contribution in [0.3, 0.4) is 0 Å². The van der Waals surface area contributed by atoms with Crippen molar-refractivity contribution in [2.75, 3.05) is 0 Å². The van der Waals surface area contributed by atoms with Gasteiger partial charge in [-0.15, -0.1) is 0 Å². The molecule has 0 spiro atoms. The van der Waals surface area contributed by atoms with Gasteiger partial charge in [-0.05, 0) is 6.92 Å². The van der Waals surface area contributed by atoms with Gasteiger partial charge in [0.05, 0.1) is 12.0 Å². The van der Waals surface area contributed by atoms with Gasteiger partial charge in [-0.2, -0.15) is 0 Å². The van der Waals surface area contributed by atoms with E-state index in [0.29, 0.717) is 5.15 Å². The Morgan fingerprint density at radius 2 is 2.38 bits per heavy atom. The van der Waals surface area contributed by atoms with Crippen LogP contribution in [0.25, 0.3) is 0 Å². The van der Waals surface area contributed by atoms with Gasteiger partial charge in [-0.3, -0.25) is 0 Å². The zero-order valence-electron chi connectivity index (χ0n) is 4.85. The Labute approximate surface area is 53.1 Å². The average molecular weight is 131 g/mol. The summed E-state index contributed by atoms with van der Waals surface area (Å²) in [6.45, 7) is 1.88. The molecule has 1 aromatic heterocycles. The van der Waals surface area contributed by atoms with Crippen molar-refractivity contribution in [3.8, 4) is 0 Å². The first kappa shape index (κ1) is 5.63. The summed E-state index contributed by atoms with van der Waals surface area (Å²) in [7, 11) is 1.86. The largest absolute Gasteiger partial charge is 0.325 e. The number of hydrogen-bond acceptors (Lipinski definition) is 1. The molecule has 3 heteroatoms. The first-order valence-electron chi connectivity index (χ1n) is 2.35. The molecule has 1 aromatic rings. The van der Waals surface area contributed by atoms with E-state index < -0.39 is 0 Å². The molecule has 0 saturated heterocycles. The van der Waals surface area contributed by atoms with Crippen molar-refractivity contribution in [2.45, 2.75) is 6.92 Å². The van der Waals surface area contributed by atoms with Gasteiger partial charge in [-0.25, -0.2) is 4.98 Å². The summed E-state index contributed by atoms with van der Waals surface area (Å²) in [6, 6.07) is 0. The van der Waals surface area contributed by atoms with Gasteiger partial charge in [0.15, 0.2) is 0 Å². The summed E-state index contributed by atoms with van der Waals surface area (Å²) >= 11 is 5.69. The molecule has 0 radical (unpaired) electrons. The maximum absolute atomic E-state index is 5.69. The Balaban J connectivity index is 3.19. The first-order valence-corrected chi connectivity index (χ1v) is 2.73. The van der Waals surface area contributed by atoms with E-state index in [2.05, 4.69) is 4.98 Å². The molecular weight excluding hydrogens is 124 g/mol. The molecule has 0 aliphatic rings. The van der Waals surface area contributed by atoms with Crippen LogP contribution in [0.1, 0.15) is 5.69 Å². The van der Waals surface area contributed by atoms with Crippen LogP contribution in [-0.2, 0) is 7.05 Å². The van der Waals surface area contributed by atoms with E-state index in [1.54, 1.807) is 10.9 Å². The Hall–Kier alpha value is -0.500. The van der Waals surface area contributed by atoms with Crippen LogP contribution in [-0.4, -0.2) is 9.55 Å². The average Bonchev–Trinajstić information content (AvgIpc) is 1.98. The van der Waals surface area contributed by atoms with Crippen molar-refractivity contribution in [3.05, 3.63) is 17.2 Å². The second-order valence-electron chi connectivity index (χ2n) is 1.73. The smallest absolute Gasteiger partial charge is 0.131 e. The summed E-state index contributed by atoms with van der Waals surface area (Å²) in [5, 5.41) is 0.713. The van der Waals surface area contributed by atoms with Crippen molar-refractivity contribution < 1.29 is 0 Å². The molecule has 0 aromatic carbocycles. The van der Waals surface area contributed by atoms with Gasteiger partial charge in [-0.1, -0.05) is 11.6 Å². The molecule has 0 saturated carbocycles. The maximum Gasteiger partial charge on any atom is 0.131 e. The molecule has 2 nitrogen and oxygen atoms in total. The van der Waals surface area contributed by atoms with Crippen LogP contribution in [0.15, 0.2) is 6.33 Å². The predicted molar refractivity (Wildman–Crippen MR) is 33.0 cm³/mol. The topological polar surface area (TPSA) is 17.8 Å². The van der Waals surface area contributed by atoms with Crippen LogP contribution in [0.4, 0.5) is 0 Å². The molecule has 0 aliphatic heterocycles. The second kappa shape index (κ2) is 1.78. The lowest BCUT2D eigenvalue weighted by atomic mass is 10.6. The monoisotopic (exact) mass is 130 g/mol. The lowest BCUT2D eigenvalue weighted by Gasteiger charge is -1.87. The standard InChI is InChI=1S/C5H7ClN2/c1-4-5(6)8(2)3-7-4/h3H,1-2H3. The minimum absolute atomic E-state index is 0.713. The SMILES string of the molecule is Cc1ncn(C)c1Cl. The van der Waals surface area contributed by atoms with Gasteiger partial charge in [0.2, 0.25) is 0 Å². The molecule has 1 heterocycles. The Kier molecular flexibility index (Phi) is 1.26. The van der Waals surface area contributed by atoms with Gasteiger partial charge in [0.1, 0.15) is 5.15 Å². The Morgan fingerprint density at radius 3 is 2.50 bits per heavy atom. The first-order chi connectivity index (χ1) is 3.72. The third-order valence-electron chi connectivity index (χ3n) is 1.03. The lowest BCUT2D eigenvalue weighted by Crippen LogP contribution is -1.82. The summed E-state index contributed by atoms with van der Waals surface area (Å²) in [5.74, 6) is 0. The minimum Gasteiger partial charge on any atom is -0.325 e. The molecule has 0 N–H and O–H groups in total. The van der Waals surface area contributed by atoms with Crippen LogP contribution in [0.5, 0.6) is 0 Å². The summed E-state index contributed by atoms with van der Waals surface area (Å²) in [5.41, 5.74) is 0.883. The van der Waals surface area contributed by atoms with Crippen molar-refractivity contribution >= 4 is 11.6 Å². The highest BCUT2D eigenvalue weighted by atomic mass is 35.5. The van der Waals surface area contributed by atoms with Crippen molar-refractivity contribution in [1.29, 1.82) is 0 Å². The van der Waals surface area contributed by atoms with Crippen molar-refractivity contribution in [1.82, 2.24) is 9.55 Å². The van der Waals surface area contributed by atoms with Gasteiger partial charge in [0.25, 0.3) is 0 Å². The molecule has 0 unspecified atom stereocenters. The van der Waals surface area contributed by atoms with E-state index in [4.69, 9.17) is 11.6 Å². The number of rotatable bonds is 0.